The predicted molar refractivity (Wildman–Crippen MR) is 71.7 cm³/mol. The minimum Gasteiger partial charge on any atom is -0.309 e. The summed E-state index contributed by atoms with van der Waals surface area (Å²) in [6.45, 7) is 8.72. The van der Waals surface area contributed by atoms with Gasteiger partial charge in [0.15, 0.2) is 0 Å². The molecule has 5 heteroatoms. The SMILES string of the molecule is Cc1sc2nc(CNC(C)C)[nH]c(=O)c2c1C. The Hall–Kier alpha value is -1.20. The van der Waals surface area contributed by atoms with Crippen LogP contribution in [0.1, 0.15) is 30.1 Å². The third-order valence-electron chi connectivity index (χ3n) is 2.77. The fourth-order valence-electron chi connectivity index (χ4n) is 1.68. The molecular weight excluding hydrogens is 234 g/mol. The molecule has 2 aromatic rings. The molecule has 17 heavy (non-hydrogen) atoms. The van der Waals surface area contributed by atoms with Gasteiger partial charge in [-0.3, -0.25) is 4.79 Å². The average Bonchev–Trinajstić information content (AvgIpc) is 2.52. The number of thiophene rings is 1. The molecule has 0 amide bonds. The van der Waals surface area contributed by atoms with Crippen molar-refractivity contribution in [2.75, 3.05) is 0 Å². The molecule has 92 valence electrons. The second-order valence-corrected chi connectivity index (χ2v) is 5.71. The van der Waals surface area contributed by atoms with Gasteiger partial charge in [-0.25, -0.2) is 4.98 Å². The maximum atomic E-state index is 12.0. The van der Waals surface area contributed by atoms with Crippen LogP contribution in [0.15, 0.2) is 4.79 Å². The summed E-state index contributed by atoms with van der Waals surface area (Å²) in [6, 6.07) is 0.378. The van der Waals surface area contributed by atoms with E-state index in [0.717, 1.165) is 20.7 Å². The van der Waals surface area contributed by atoms with Crippen molar-refractivity contribution >= 4 is 21.6 Å². The van der Waals surface area contributed by atoms with Crippen LogP contribution in [0, 0.1) is 13.8 Å². The van der Waals surface area contributed by atoms with E-state index in [0.29, 0.717) is 18.4 Å². The molecule has 0 atom stereocenters. The van der Waals surface area contributed by atoms with Gasteiger partial charge in [0.05, 0.1) is 11.9 Å². The first-order chi connectivity index (χ1) is 7.99. The summed E-state index contributed by atoms with van der Waals surface area (Å²) in [7, 11) is 0. The van der Waals surface area contributed by atoms with Gasteiger partial charge in [0.25, 0.3) is 5.56 Å². The Bertz CT molecular complexity index is 598. The highest BCUT2D eigenvalue weighted by Gasteiger charge is 2.11. The molecule has 2 N–H and O–H groups in total. The Labute approximate surface area is 104 Å². The molecule has 0 aliphatic rings. The van der Waals surface area contributed by atoms with Crippen molar-refractivity contribution in [3.8, 4) is 0 Å². The van der Waals surface area contributed by atoms with E-state index in [1.807, 2.05) is 13.8 Å². The van der Waals surface area contributed by atoms with Crippen molar-refractivity contribution in [1.82, 2.24) is 15.3 Å². The molecule has 0 unspecified atom stereocenters. The van der Waals surface area contributed by atoms with E-state index in [2.05, 4.69) is 29.1 Å². The topological polar surface area (TPSA) is 57.8 Å². The fourth-order valence-corrected chi connectivity index (χ4v) is 2.73. The van der Waals surface area contributed by atoms with Crippen molar-refractivity contribution < 1.29 is 0 Å². The standard InChI is InChI=1S/C12H17N3OS/c1-6(2)13-5-9-14-11(16)10-7(3)8(4)17-12(10)15-9/h6,13H,5H2,1-4H3,(H,14,15,16). The monoisotopic (exact) mass is 251 g/mol. The Kier molecular flexibility index (Phi) is 3.31. The lowest BCUT2D eigenvalue weighted by Crippen LogP contribution is -2.24. The number of nitrogens with zero attached hydrogens (tertiary/aromatic N) is 1. The van der Waals surface area contributed by atoms with Gasteiger partial charge in [-0.05, 0) is 19.4 Å². The third-order valence-corrected chi connectivity index (χ3v) is 3.87. The number of fused-ring (bicyclic) bond motifs is 1. The highest BCUT2D eigenvalue weighted by molar-refractivity contribution is 7.18. The molecule has 0 aromatic carbocycles. The van der Waals surface area contributed by atoms with Crippen LogP contribution in [0.5, 0.6) is 0 Å². The molecule has 0 bridgehead atoms. The lowest BCUT2D eigenvalue weighted by molar-refractivity contribution is 0.573. The van der Waals surface area contributed by atoms with Crippen LogP contribution in [-0.4, -0.2) is 16.0 Å². The minimum absolute atomic E-state index is 0.0302. The van der Waals surface area contributed by atoms with Crippen LogP contribution in [0.3, 0.4) is 0 Å². The van der Waals surface area contributed by atoms with Crippen molar-refractivity contribution in [3.63, 3.8) is 0 Å². The second-order valence-electron chi connectivity index (χ2n) is 4.51. The van der Waals surface area contributed by atoms with E-state index in [1.54, 1.807) is 11.3 Å². The summed E-state index contributed by atoms with van der Waals surface area (Å²) < 4.78 is 0. The zero-order valence-corrected chi connectivity index (χ0v) is 11.4. The molecule has 0 saturated carbocycles. The van der Waals surface area contributed by atoms with E-state index in [-0.39, 0.29) is 5.56 Å². The van der Waals surface area contributed by atoms with Crippen LogP contribution >= 0.6 is 11.3 Å². The first-order valence-electron chi connectivity index (χ1n) is 5.71. The number of aromatic amines is 1. The van der Waals surface area contributed by atoms with E-state index in [4.69, 9.17) is 0 Å². The van der Waals surface area contributed by atoms with Gasteiger partial charge in [0.2, 0.25) is 0 Å². The van der Waals surface area contributed by atoms with Gasteiger partial charge in [-0.15, -0.1) is 11.3 Å². The van der Waals surface area contributed by atoms with Crippen molar-refractivity contribution in [1.29, 1.82) is 0 Å². The number of nitrogens with one attached hydrogen (secondary N) is 2. The van der Waals surface area contributed by atoms with E-state index >= 15 is 0 Å². The highest BCUT2D eigenvalue weighted by atomic mass is 32.1. The number of aromatic nitrogens is 2. The Balaban J connectivity index is 2.46. The molecule has 2 rings (SSSR count). The van der Waals surface area contributed by atoms with E-state index < -0.39 is 0 Å². The zero-order chi connectivity index (χ0) is 12.6. The number of rotatable bonds is 3. The third kappa shape index (κ3) is 2.40. The maximum Gasteiger partial charge on any atom is 0.259 e. The van der Waals surface area contributed by atoms with Gasteiger partial charge in [0, 0.05) is 10.9 Å². The molecule has 0 saturated heterocycles. The Morgan fingerprint density at radius 2 is 2.12 bits per heavy atom. The number of H-pyrrole nitrogens is 1. The van der Waals surface area contributed by atoms with Crippen LogP contribution in [0.25, 0.3) is 10.2 Å². The molecule has 0 spiro atoms. The Morgan fingerprint density at radius 3 is 2.76 bits per heavy atom. The molecule has 4 nitrogen and oxygen atoms in total. The maximum absolute atomic E-state index is 12.0. The zero-order valence-electron chi connectivity index (χ0n) is 10.5. The van der Waals surface area contributed by atoms with Crippen LogP contribution < -0.4 is 10.9 Å². The molecule has 0 aliphatic heterocycles. The van der Waals surface area contributed by atoms with Gasteiger partial charge in [0.1, 0.15) is 10.7 Å². The van der Waals surface area contributed by atoms with Crippen LogP contribution in [-0.2, 0) is 6.54 Å². The summed E-state index contributed by atoms with van der Waals surface area (Å²) in [5, 5.41) is 3.98. The predicted octanol–water partition coefficient (Wildman–Crippen LogP) is 2.10. The summed E-state index contributed by atoms with van der Waals surface area (Å²) in [6.07, 6.45) is 0. The minimum atomic E-state index is -0.0302. The number of hydrogen-bond acceptors (Lipinski definition) is 4. The molecule has 2 aromatic heterocycles. The van der Waals surface area contributed by atoms with Crippen LogP contribution in [0.2, 0.25) is 0 Å². The van der Waals surface area contributed by atoms with Crippen molar-refractivity contribution in [2.24, 2.45) is 0 Å². The van der Waals surface area contributed by atoms with Gasteiger partial charge in [-0.2, -0.15) is 0 Å². The molecular formula is C12H17N3OS. The van der Waals surface area contributed by atoms with Crippen molar-refractivity contribution in [2.45, 2.75) is 40.3 Å². The normalized spacial score (nSPS) is 11.6. The molecule has 0 aliphatic carbocycles. The first-order valence-corrected chi connectivity index (χ1v) is 6.53. The molecule has 2 heterocycles. The quantitative estimate of drug-likeness (QED) is 0.878. The largest absolute Gasteiger partial charge is 0.309 e. The summed E-state index contributed by atoms with van der Waals surface area (Å²) >= 11 is 1.58. The molecule has 0 radical (unpaired) electrons. The van der Waals surface area contributed by atoms with Gasteiger partial charge >= 0.3 is 0 Å². The van der Waals surface area contributed by atoms with Crippen LogP contribution in [0.4, 0.5) is 0 Å². The highest BCUT2D eigenvalue weighted by Crippen LogP contribution is 2.25. The number of hydrogen-bond donors (Lipinski definition) is 2. The molecule has 0 fully saturated rings. The van der Waals surface area contributed by atoms with Crippen molar-refractivity contribution in [3.05, 3.63) is 26.6 Å². The summed E-state index contributed by atoms with van der Waals surface area (Å²) in [4.78, 5) is 21.3. The smallest absolute Gasteiger partial charge is 0.259 e. The summed E-state index contributed by atoms with van der Waals surface area (Å²) in [5.74, 6) is 0.706. The fraction of sp³-hybridized carbons (Fsp3) is 0.500. The second kappa shape index (κ2) is 4.58. The van der Waals surface area contributed by atoms with Gasteiger partial charge < -0.3 is 10.3 Å². The lowest BCUT2D eigenvalue weighted by Gasteiger charge is -2.06. The van der Waals surface area contributed by atoms with Gasteiger partial charge in [-0.1, -0.05) is 13.8 Å². The van der Waals surface area contributed by atoms with E-state index in [1.165, 1.54) is 0 Å². The summed E-state index contributed by atoms with van der Waals surface area (Å²) in [5.41, 5.74) is 1.01. The first kappa shape index (κ1) is 12.3. The Morgan fingerprint density at radius 1 is 1.41 bits per heavy atom. The lowest BCUT2D eigenvalue weighted by atomic mass is 10.2. The van der Waals surface area contributed by atoms with E-state index in [9.17, 15) is 4.79 Å². The average molecular weight is 251 g/mol. The number of aryl methyl sites for hydroxylation is 2.